The zero-order valence-electron chi connectivity index (χ0n) is 15.5. The molecule has 5 nitrogen and oxygen atoms in total. The van der Waals surface area contributed by atoms with Crippen molar-refractivity contribution in [2.75, 3.05) is 54.5 Å². The van der Waals surface area contributed by atoms with Gasteiger partial charge >= 0.3 is 0 Å². The highest BCUT2D eigenvalue weighted by molar-refractivity contribution is 5.55. The van der Waals surface area contributed by atoms with Crippen molar-refractivity contribution < 1.29 is 4.74 Å². The maximum atomic E-state index is 5.46. The van der Waals surface area contributed by atoms with Crippen molar-refractivity contribution in [1.29, 1.82) is 0 Å². The lowest BCUT2D eigenvalue weighted by molar-refractivity contribution is 0.122. The summed E-state index contributed by atoms with van der Waals surface area (Å²) in [4.78, 5) is 9.40. The van der Waals surface area contributed by atoms with Gasteiger partial charge in [0.1, 0.15) is 5.82 Å². The fourth-order valence-corrected chi connectivity index (χ4v) is 3.81. The van der Waals surface area contributed by atoms with Gasteiger partial charge < -0.3 is 19.9 Å². The van der Waals surface area contributed by atoms with Gasteiger partial charge in [0.15, 0.2) is 0 Å². The molecule has 138 valence electrons. The molecule has 3 heterocycles. The molecule has 2 aliphatic heterocycles. The average molecular weight is 352 g/mol. The van der Waals surface area contributed by atoms with Crippen molar-refractivity contribution in [3.63, 3.8) is 0 Å². The molecule has 5 heteroatoms. The minimum absolute atomic E-state index is 0.428. The molecule has 1 N–H and O–H groups in total. The van der Waals surface area contributed by atoms with Gasteiger partial charge in [0.05, 0.1) is 13.2 Å². The Hall–Kier alpha value is -2.27. The molecule has 0 spiro atoms. The number of hydrogen-bond acceptors (Lipinski definition) is 5. The third kappa shape index (κ3) is 4.10. The summed E-state index contributed by atoms with van der Waals surface area (Å²) < 4.78 is 5.46. The van der Waals surface area contributed by atoms with Gasteiger partial charge in [0.2, 0.25) is 0 Å². The van der Waals surface area contributed by atoms with E-state index in [1.165, 1.54) is 29.8 Å². The van der Waals surface area contributed by atoms with E-state index in [0.717, 1.165) is 45.2 Å². The number of nitrogens with one attached hydrogen (secondary N) is 1. The number of piperidine rings is 1. The van der Waals surface area contributed by atoms with Crippen molar-refractivity contribution in [2.24, 2.45) is 0 Å². The number of morpholine rings is 1. The molecule has 26 heavy (non-hydrogen) atoms. The average Bonchev–Trinajstić information content (AvgIpc) is 2.70. The van der Waals surface area contributed by atoms with Gasteiger partial charge in [-0.25, -0.2) is 4.98 Å². The van der Waals surface area contributed by atoms with Crippen molar-refractivity contribution in [3.05, 3.63) is 48.2 Å². The predicted molar refractivity (Wildman–Crippen MR) is 107 cm³/mol. The maximum absolute atomic E-state index is 5.46. The van der Waals surface area contributed by atoms with Crippen LogP contribution in [-0.4, -0.2) is 50.4 Å². The van der Waals surface area contributed by atoms with E-state index >= 15 is 0 Å². The smallest absolute Gasteiger partial charge is 0.128 e. The first-order valence-corrected chi connectivity index (χ1v) is 9.65. The lowest BCUT2D eigenvalue weighted by Crippen LogP contribution is -2.42. The molecule has 0 radical (unpaired) electrons. The molecule has 1 aromatic heterocycles. The monoisotopic (exact) mass is 352 g/mol. The highest BCUT2D eigenvalue weighted by Gasteiger charge is 2.21. The molecule has 2 aliphatic rings. The quantitative estimate of drug-likeness (QED) is 0.914. The van der Waals surface area contributed by atoms with Crippen LogP contribution in [0.15, 0.2) is 42.6 Å². The SMILES string of the molecule is Cc1ccc(N2CCC[C@@H](Nc3cc(N4CCOCC4)ccn3)C2)cc1. The third-order valence-electron chi connectivity index (χ3n) is 5.29. The molecule has 0 bridgehead atoms. The van der Waals surface area contributed by atoms with E-state index in [1.807, 2.05) is 6.20 Å². The Labute approximate surface area is 156 Å². The Morgan fingerprint density at radius 3 is 2.62 bits per heavy atom. The summed E-state index contributed by atoms with van der Waals surface area (Å²) in [6.07, 6.45) is 4.30. The van der Waals surface area contributed by atoms with Crippen LogP contribution in [0.25, 0.3) is 0 Å². The predicted octanol–water partition coefficient (Wildman–Crippen LogP) is 3.31. The van der Waals surface area contributed by atoms with Crippen LogP contribution in [-0.2, 0) is 4.74 Å². The van der Waals surface area contributed by atoms with E-state index in [1.54, 1.807) is 0 Å². The molecule has 4 rings (SSSR count). The van der Waals surface area contributed by atoms with Crippen molar-refractivity contribution in [1.82, 2.24) is 4.98 Å². The number of pyridine rings is 1. The highest BCUT2D eigenvalue weighted by Crippen LogP contribution is 2.24. The summed E-state index contributed by atoms with van der Waals surface area (Å²) in [5, 5.41) is 3.66. The number of hydrogen-bond donors (Lipinski definition) is 1. The highest BCUT2D eigenvalue weighted by atomic mass is 16.5. The molecule has 0 amide bonds. The number of anilines is 3. The fourth-order valence-electron chi connectivity index (χ4n) is 3.81. The first kappa shape index (κ1) is 17.2. The van der Waals surface area contributed by atoms with E-state index in [-0.39, 0.29) is 0 Å². The second-order valence-electron chi connectivity index (χ2n) is 7.26. The lowest BCUT2D eigenvalue weighted by Gasteiger charge is -2.35. The van der Waals surface area contributed by atoms with Crippen molar-refractivity contribution in [3.8, 4) is 0 Å². The van der Waals surface area contributed by atoms with Gasteiger partial charge in [-0.1, -0.05) is 17.7 Å². The number of nitrogens with zero attached hydrogens (tertiary/aromatic N) is 3. The molecule has 0 aliphatic carbocycles. The number of ether oxygens (including phenoxy) is 1. The van der Waals surface area contributed by atoms with E-state index < -0.39 is 0 Å². The van der Waals surface area contributed by atoms with Crippen LogP contribution < -0.4 is 15.1 Å². The Balaban J connectivity index is 1.41. The third-order valence-corrected chi connectivity index (χ3v) is 5.29. The summed E-state index contributed by atoms with van der Waals surface area (Å²) in [5.74, 6) is 0.977. The summed E-state index contributed by atoms with van der Waals surface area (Å²) in [6.45, 7) is 7.80. The molecule has 0 saturated carbocycles. The Bertz CT molecular complexity index is 712. The standard InChI is InChI=1S/C21H28N4O/c1-17-4-6-19(7-5-17)25-10-2-3-18(16-25)23-21-15-20(8-9-22-21)24-11-13-26-14-12-24/h4-9,15,18H,2-3,10-14,16H2,1H3,(H,22,23)/t18-/m1/s1. The molecule has 1 aromatic carbocycles. The minimum atomic E-state index is 0.428. The van der Waals surface area contributed by atoms with Crippen LogP contribution in [0.4, 0.5) is 17.2 Å². The van der Waals surface area contributed by atoms with Crippen LogP contribution in [0.2, 0.25) is 0 Å². The van der Waals surface area contributed by atoms with Gasteiger partial charge in [-0.2, -0.15) is 0 Å². The van der Waals surface area contributed by atoms with Gasteiger partial charge in [0.25, 0.3) is 0 Å². The second-order valence-corrected chi connectivity index (χ2v) is 7.26. The van der Waals surface area contributed by atoms with Gasteiger partial charge in [-0.3, -0.25) is 0 Å². The summed E-state index contributed by atoms with van der Waals surface area (Å²) in [6, 6.07) is 13.5. The Kier molecular flexibility index (Phi) is 5.25. The summed E-state index contributed by atoms with van der Waals surface area (Å²) in [7, 11) is 0. The fraction of sp³-hybridized carbons (Fsp3) is 0.476. The number of benzene rings is 1. The van der Waals surface area contributed by atoms with Crippen LogP contribution in [0.3, 0.4) is 0 Å². The minimum Gasteiger partial charge on any atom is -0.378 e. The number of rotatable bonds is 4. The van der Waals surface area contributed by atoms with Gasteiger partial charge in [0, 0.05) is 55.9 Å². The van der Waals surface area contributed by atoms with Crippen LogP contribution in [0.5, 0.6) is 0 Å². The van der Waals surface area contributed by atoms with Crippen LogP contribution >= 0.6 is 0 Å². The van der Waals surface area contributed by atoms with E-state index in [9.17, 15) is 0 Å². The lowest BCUT2D eigenvalue weighted by atomic mass is 10.0. The van der Waals surface area contributed by atoms with Crippen LogP contribution in [0.1, 0.15) is 18.4 Å². The van der Waals surface area contributed by atoms with Gasteiger partial charge in [-0.15, -0.1) is 0 Å². The zero-order chi connectivity index (χ0) is 17.8. The van der Waals surface area contributed by atoms with E-state index in [2.05, 4.69) is 63.4 Å². The first-order valence-electron chi connectivity index (χ1n) is 9.65. The Morgan fingerprint density at radius 1 is 1.00 bits per heavy atom. The number of aromatic nitrogens is 1. The van der Waals surface area contributed by atoms with Crippen molar-refractivity contribution in [2.45, 2.75) is 25.8 Å². The van der Waals surface area contributed by atoms with Gasteiger partial charge in [-0.05, 0) is 38.0 Å². The normalized spacial score (nSPS) is 20.9. The zero-order valence-corrected chi connectivity index (χ0v) is 15.5. The second kappa shape index (κ2) is 7.96. The molecule has 1 atom stereocenters. The van der Waals surface area contributed by atoms with E-state index in [4.69, 9.17) is 4.74 Å². The first-order chi connectivity index (χ1) is 12.8. The maximum Gasteiger partial charge on any atom is 0.128 e. The molecular formula is C21H28N4O. The van der Waals surface area contributed by atoms with E-state index in [0.29, 0.717) is 6.04 Å². The summed E-state index contributed by atoms with van der Waals surface area (Å²) >= 11 is 0. The number of aryl methyl sites for hydroxylation is 1. The van der Waals surface area contributed by atoms with Crippen molar-refractivity contribution >= 4 is 17.2 Å². The molecule has 2 fully saturated rings. The topological polar surface area (TPSA) is 40.6 Å². The molecule has 2 aromatic rings. The largest absolute Gasteiger partial charge is 0.378 e. The molecule has 0 unspecified atom stereocenters. The molecule has 2 saturated heterocycles. The Morgan fingerprint density at radius 2 is 1.81 bits per heavy atom. The molecular weight excluding hydrogens is 324 g/mol. The van der Waals surface area contributed by atoms with Crippen LogP contribution in [0, 0.1) is 6.92 Å². The summed E-state index contributed by atoms with van der Waals surface area (Å²) in [5.41, 5.74) is 3.86.